The number of aliphatic hydroxyl groups is 2. The Bertz CT molecular complexity index is 1260. The average molecular weight is 555 g/mol. The standard InChI is InChI=1S/C33H43FO6/c1-20-16-25-24-12-11-22-18-23(35)14-15-30(22,2)32(24,34)29(37)19-31(25,3)33(20,38)28(36)9-7-6-8-21-10-13-26(39-4)27(17-21)40-5/h10,13-15,17-18,20,24-25,29,37-38H,6-9,11-12,16,19H2,1-5H3/t20-,24+,25+,29+,30+,31+,32+,33+/m1/s1. The van der Waals surface area contributed by atoms with Crippen LogP contribution < -0.4 is 9.47 Å². The maximum absolute atomic E-state index is 17.3. The minimum atomic E-state index is -1.97. The van der Waals surface area contributed by atoms with Crippen molar-refractivity contribution in [3.05, 3.63) is 47.6 Å². The Morgan fingerprint density at radius 3 is 2.55 bits per heavy atom. The molecule has 0 aliphatic heterocycles. The molecule has 3 fully saturated rings. The number of hydrogen-bond acceptors (Lipinski definition) is 6. The summed E-state index contributed by atoms with van der Waals surface area (Å²) in [5.74, 6) is -0.133. The molecule has 218 valence electrons. The van der Waals surface area contributed by atoms with Gasteiger partial charge >= 0.3 is 0 Å². The number of rotatable bonds is 8. The van der Waals surface area contributed by atoms with E-state index in [2.05, 4.69) is 0 Å². The van der Waals surface area contributed by atoms with Crippen LogP contribution in [0.25, 0.3) is 0 Å². The molecule has 6 nitrogen and oxygen atoms in total. The number of benzene rings is 1. The number of halogens is 1. The number of methoxy groups -OCH3 is 2. The lowest BCUT2D eigenvalue weighted by molar-refractivity contribution is -0.218. The summed E-state index contributed by atoms with van der Waals surface area (Å²) >= 11 is 0. The number of carbonyl (C=O) groups excluding carboxylic acids is 2. The van der Waals surface area contributed by atoms with Gasteiger partial charge in [0.25, 0.3) is 0 Å². The second kappa shape index (κ2) is 10.1. The molecule has 0 heterocycles. The van der Waals surface area contributed by atoms with Gasteiger partial charge in [-0.1, -0.05) is 31.6 Å². The van der Waals surface area contributed by atoms with E-state index < -0.39 is 34.1 Å². The Balaban J connectivity index is 1.32. The molecule has 40 heavy (non-hydrogen) atoms. The van der Waals surface area contributed by atoms with E-state index in [0.29, 0.717) is 37.2 Å². The Hall–Kier alpha value is -2.51. The molecule has 5 rings (SSSR count). The van der Waals surface area contributed by atoms with Crippen molar-refractivity contribution in [1.82, 2.24) is 0 Å². The number of ether oxygens (including phenoxy) is 2. The maximum atomic E-state index is 17.3. The first-order chi connectivity index (χ1) is 18.9. The topological polar surface area (TPSA) is 93.1 Å². The number of ketones is 2. The minimum Gasteiger partial charge on any atom is -0.493 e. The van der Waals surface area contributed by atoms with E-state index in [4.69, 9.17) is 9.47 Å². The van der Waals surface area contributed by atoms with Gasteiger partial charge in [-0.05, 0) is 93.6 Å². The Morgan fingerprint density at radius 2 is 1.85 bits per heavy atom. The number of alkyl halides is 1. The zero-order valence-electron chi connectivity index (χ0n) is 24.3. The number of hydrogen-bond donors (Lipinski definition) is 2. The fraction of sp³-hybridized carbons (Fsp3) is 0.636. The molecule has 0 radical (unpaired) electrons. The number of carbonyl (C=O) groups is 2. The molecular weight excluding hydrogens is 511 g/mol. The molecule has 0 spiro atoms. The van der Waals surface area contributed by atoms with Crippen molar-refractivity contribution in [2.45, 2.75) is 89.5 Å². The van der Waals surface area contributed by atoms with E-state index in [1.807, 2.05) is 32.0 Å². The van der Waals surface area contributed by atoms with Crippen molar-refractivity contribution in [1.29, 1.82) is 0 Å². The Kier molecular flexibility index (Phi) is 7.32. The molecule has 1 aromatic carbocycles. The molecule has 4 aliphatic rings. The van der Waals surface area contributed by atoms with E-state index in [0.717, 1.165) is 24.0 Å². The van der Waals surface area contributed by atoms with Gasteiger partial charge < -0.3 is 19.7 Å². The van der Waals surface area contributed by atoms with Gasteiger partial charge in [-0.25, -0.2) is 4.39 Å². The van der Waals surface area contributed by atoms with Gasteiger partial charge in [0.05, 0.1) is 20.3 Å². The number of aryl methyl sites for hydroxylation is 1. The summed E-state index contributed by atoms with van der Waals surface area (Å²) in [6.07, 6.45) is 7.18. The smallest absolute Gasteiger partial charge is 0.178 e. The summed E-state index contributed by atoms with van der Waals surface area (Å²) in [5.41, 5.74) is -3.79. The summed E-state index contributed by atoms with van der Waals surface area (Å²) < 4.78 is 28.0. The second-order valence-corrected chi connectivity index (χ2v) is 13.0. The monoisotopic (exact) mass is 554 g/mol. The first-order valence-corrected chi connectivity index (χ1v) is 14.6. The molecule has 0 aromatic heterocycles. The van der Waals surface area contributed by atoms with Gasteiger partial charge in [0, 0.05) is 23.2 Å². The van der Waals surface area contributed by atoms with Crippen LogP contribution in [-0.2, 0) is 16.0 Å². The zero-order chi connectivity index (χ0) is 29.1. The van der Waals surface area contributed by atoms with Crippen LogP contribution in [0.5, 0.6) is 11.5 Å². The van der Waals surface area contributed by atoms with Crippen LogP contribution in [-0.4, -0.2) is 53.4 Å². The predicted molar refractivity (Wildman–Crippen MR) is 150 cm³/mol. The molecule has 0 unspecified atom stereocenters. The van der Waals surface area contributed by atoms with E-state index in [9.17, 15) is 19.8 Å². The van der Waals surface area contributed by atoms with Crippen LogP contribution >= 0.6 is 0 Å². The van der Waals surface area contributed by atoms with Crippen LogP contribution in [0, 0.1) is 28.6 Å². The van der Waals surface area contributed by atoms with Gasteiger partial charge in [0.1, 0.15) is 5.60 Å². The first kappa shape index (κ1) is 29.0. The number of allylic oxidation sites excluding steroid dienone is 4. The van der Waals surface area contributed by atoms with Crippen LogP contribution in [0.2, 0.25) is 0 Å². The summed E-state index contributed by atoms with van der Waals surface area (Å²) in [6, 6.07) is 5.79. The highest BCUT2D eigenvalue weighted by Crippen LogP contribution is 2.70. The second-order valence-electron chi connectivity index (χ2n) is 13.0. The summed E-state index contributed by atoms with van der Waals surface area (Å²) in [4.78, 5) is 25.8. The van der Waals surface area contributed by atoms with Crippen LogP contribution in [0.3, 0.4) is 0 Å². The number of unbranched alkanes of at least 4 members (excludes halogenated alkanes) is 1. The molecule has 0 amide bonds. The van der Waals surface area contributed by atoms with Crippen molar-refractivity contribution in [3.8, 4) is 11.5 Å². The molecule has 8 atom stereocenters. The van der Waals surface area contributed by atoms with Crippen LogP contribution in [0.1, 0.15) is 71.3 Å². The lowest BCUT2D eigenvalue weighted by Gasteiger charge is -2.62. The largest absolute Gasteiger partial charge is 0.493 e. The van der Waals surface area contributed by atoms with Crippen LogP contribution in [0.15, 0.2) is 42.0 Å². The highest BCUT2D eigenvalue weighted by Gasteiger charge is 2.75. The highest BCUT2D eigenvalue weighted by atomic mass is 19.1. The van der Waals surface area contributed by atoms with Gasteiger partial charge in [-0.3, -0.25) is 9.59 Å². The lowest BCUT2D eigenvalue weighted by atomic mass is 9.44. The molecular formula is C33H43FO6. The molecule has 7 heteroatoms. The molecule has 3 saturated carbocycles. The molecule has 2 N–H and O–H groups in total. The fourth-order valence-corrected chi connectivity index (χ4v) is 8.98. The van der Waals surface area contributed by atoms with Crippen molar-refractivity contribution in [3.63, 3.8) is 0 Å². The van der Waals surface area contributed by atoms with E-state index in [1.54, 1.807) is 27.2 Å². The molecule has 0 bridgehead atoms. The molecule has 0 saturated heterocycles. The highest BCUT2D eigenvalue weighted by molar-refractivity contribution is 6.01. The summed E-state index contributed by atoms with van der Waals surface area (Å²) in [6.45, 7) is 5.57. The number of aliphatic hydroxyl groups excluding tert-OH is 1. The van der Waals surface area contributed by atoms with Gasteiger partial charge in [0.2, 0.25) is 0 Å². The third-order valence-electron chi connectivity index (χ3n) is 11.2. The zero-order valence-corrected chi connectivity index (χ0v) is 24.3. The van der Waals surface area contributed by atoms with Gasteiger partial charge in [-0.2, -0.15) is 0 Å². The Morgan fingerprint density at radius 1 is 1.12 bits per heavy atom. The maximum Gasteiger partial charge on any atom is 0.178 e. The molecule has 4 aliphatic carbocycles. The fourth-order valence-electron chi connectivity index (χ4n) is 8.98. The van der Waals surface area contributed by atoms with Crippen LogP contribution in [0.4, 0.5) is 4.39 Å². The number of fused-ring (bicyclic) bond motifs is 5. The predicted octanol–water partition coefficient (Wildman–Crippen LogP) is 5.33. The SMILES string of the molecule is COc1ccc(CCCCC(=O)[C@@]2(O)[C@H](C)C[C@H]3[C@@H]4CCC5=CC(=O)C=C[C@]5(C)[C@@]4(F)[C@@H](O)C[C@@]32C)cc1OC. The summed E-state index contributed by atoms with van der Waals surface area (Å²) in [5, 5.41) is 23.7. The Labute approximate surface area is 236 Å². The number of Topliss-reactive ketones (excluding diaryl/α,β-unsaturated/α-hetero) is 1. The normalized spacial score (nSPS) is 40.1. The van der Waals surface area contributed by atoms with Crippen molar-refractivity contribution >= 4 is 11.6 Å². The molecule has 1 aromatic rings. The van der Waals surface area contributed by atoms with Crippen molar-refractivity contribution < 1.29 is 33.7 Å². The first-order valence-electron chi connectivity index (χ1n) is 14.6. The van der Waals surface area contributed by atoms with E-state index in [1.165, 1.54) is 12.2 Å². The average Bonchev–Trinajstić information content (AvgIpc) is 3.13. The summed E-state index contributed by atoms with van der Waals surface area (Å²) in [7, 11) is 3.20. The van der Waals surface area contributed by atoms with Crippen molar-refractivity contribution in [2.75, 3.05) is 14.2 Å². The minimum absolute atomic E-state index is 0.00749. The quantitative estimate of drug-likeness (QED) is 0.422. The lowest BCUT2D eigenvalue weighted by Crippen LogP contribution is -2.69. The van der Waals surface area contributed by atoms with Crippen molar-refractivity contribution in [2.24, 2.45) is 28.6 Å². The third kappa shape index (κ3) is 3.94. The third-order valence-corrected chi connectivity index (χ3v) is 11.2. The van der Waals surface area contributed by atoms with E-state index in [-0.39, 0.29) is 36.2 Å². The van der Waals surface area contributed by atoms with E-state index >= 15 is 4.39 Å². The van der Waals surface area contributed by atoms with Gasteiger partial charge in [0.15, 0.2) is 28.7 Å². The van der Waals surface area contributed by atoms with Gasteiger partial charge in [-0.15, -0.1) is 0 Å².